The molecule has 0 N–H and O–H groups in total. The molecule has 116 valence electrons. The first kappa shape index (κ1) is 15.5. The summed E-state index contributed by atoms with van der Waals surface area (Å²) in [7, 11) is 0. The summed E-state index contributed by atoms with van der Waals surface area (Å²) in [5, 5.41) is 0. The first-order valence-electron chi connectivity index (χ1n) is 7.19. The highest BCUT2D eigenvalue weighted by Gasteiger charge is 2.33. The third-order valence-electron chi connectivity index (χ3n) is 3.26. The predicted octanol–water partition coefficient (Wildman–Crippen LogP) is 3.70. The Kier molecular flexibility index (Phi) is 5.11. The molecule has 1 aliphatic heterocycles. The van der Waals surface area contributed by atoms with Crippen LogP contribution in [-0.2, 0) is 16.5 Å². The fourth-order valence-electron chi connectivity index (χ4n) is 2.16. The standard InChI is InChI=1S/C16H18NO3PS/c22-21(17-11-13-18-14-12-17,19-15-7-3-1-4-8-15)20-16-9-5-2-6-10-16/h1-10H,11-14H2. The summed E-state index contributed by atoms with van der Waals surface area (Å²) in [6.07, 6.45) is 0. The van der Waals surface area contributed by atoms with Gasteiger partial charge in [-0.1, -0.05) is 36.4 Å². The Morgan fingerprint density at radius 2 is 1.27 bits per heavy atom. The highest BCUT2D eigenvalue weighted by atomic mass is 32.5. The van der Waals surface area contributed by atoms with Crippen LogP contribution in [-0.4, -0.2) is 31.0 Å². The second-order valence-electron chi connectivity index (χ2n) is 4.84. The van der Waals surface area contributed by atoms with Gasteiger partial charge < -0.3 is 13.8 Å². The van der Waals surface area contributed by atoms with E-state index in [0.29, 0.717) is 13.2 Å². The number of para-hydroxylation sites is 2. The van der Waals surface area contributed by atoms with Crippen molar-refractivity contribution >= 4 is 18.4 Å². The number of hydrogen-bond donors (Lipinski definition) is 0. The van der Waals surface area contributed by atoms with Crippen molar-refractivity contribution < 1.29 is 13.8 Å². The summed E-state index contributed by atoms with van der Waals surface area (Å²) in [6.45, 7) is 0.0815. The lowest BCUT2D eigenvalue weighted by molar-refractivity contribution is 0.0681. The van der Waals surface area contributed by atoms with Crippen LogP contribution in [0.2, 0.25) is 0 Å². The van der Waals surface area contributed by atoms with E-state index in [9.17, 15) is 0 Å². The lowest BCUT2D eigenvalue weighted by atomic mass is 10.3. The minimum atomic E-state index is -2.65. The van der Waals surface area contributed by atoms with Gasteiger partial charge in [-0.3, -0.25) is 0 Å². The maximum atomic E-state index is 6.12. The van der Waals surface area contributed by atoms with E-state index in [1.165, 1.54) is 0 Å². The van der Waals surface area contributed by atoms with Gasteiger partial charge in [0.25, 0.3) is 0 Å². The molecule has 0 aromatic heterocycles. The van der Waals surface area contributed by atoms with E-state index in [1.807, 2.05) is 60.7 Å². The maximum Gasteiger partial charge on any atom is 0.368 e. The normalized spacial score (nSPS) is 16.2. The molecule has 3 rings (SSSR count). The number of benzene rings is 2. The van der Waals surface area contributed by atoms with Gasteiger partial charge in [0, 0.05) is 24.9 Å². The smallest absolute Gasteiger partial charge is 0.368 e. The number of hydrogen-bond acceptors (Lipinski definition) is 4. The van der Waals surface area contributed by atoms with Crippen molar-refractivity contribution in [3.8, 4) is 11.5 Å². The lowest BCUT2D eigenvalue weighted by Gasteiger charge is -2.35. The van der Waals surface area contributed by atoms with Crippen molar-refractivity contribution in [3.05, 3.63) is 60.7 Å². The number of rotatable bonds is 5. The Morgan fingerprint density at radius 3 is 1.73 bits per heavy atom. The summed E-state index contributed by atoms with van der Waals surface area (Å²) in [5.74, 6) is 1.46. The molecule has 1 saturated heterocycles. The molecule has 22 heavy (non-hydrogen) atoms. The van der Waals surface area contributed by atoms with Gasteiger partial charge in [0.1, 0.15) is 11.5 Å². The van der Waals surface area contributed by atoms with E-state index in [2.05, 4.69) is 4.67 Å². The largest absolute Gasteiger partial charge is 0.424 e. The van der Waals surface area contributed by atoms with E-state index < -0.39 is 6.64 Å². The van der Waals surface area contributed by atoms with Crippen LogP contribution in [0, 0.1) is 0 Å². The molecule has 0 spiro atoms. The summed E-state index contributed by atoms with van der Waals surface area (Å²) in [5.41, 5.74) is 0. The Balaban J connectivity index is 1.85. The summed E-state index contributed by atoms with van der Waals surface area (Å²) in [4.78, 5) is 0. The van der Waals surface area contributed by atoms with Gasteiger partial charge in [0.05, 0.1) is 13.2 Å². The van der Waals surface area contributed by atoms with Crippen LogP contribution in [0.3, 0.4) is 0 Å². The predicted molar refractivity (Wildman–Crippen MR) is 90.8 cm³/mol. The van der Waals surface area contributed by atoms with Gasteiger partial charge in [-0.15, -0.1) is 0 Å². The highest BCUT2D eigenvalue weighted by Crippen LogP contribution is 2.52. The SMILES string of the molecule is S=P(Oc1ccccc1)(Oc1ccccc1)N1CCOCC1. The van der Waals surface area contributed by atoms with Crippen molar-refractivity contribution in [1.82, 2.24) is 4.67 Å². The Hall–Kier alpha value is -1.39. The molecule has 0 aliphatic carbocycles. The minimum Gasteiger partial charge on any atom is -0.424 e. The molecule has 2 aromatic rings. The topological polar surface area (TPSA) is 30.9 Å². The van der Waals surface area contributed by atoms with Crippen LogP contribution in [0.4, 0.5) is 0 Å². The van der Waals surface area contributed by atoms with Crippen LogP contribution in [0.25, 0.3) is 0 Å². The first-order valence-corrected chi connectivity index (χ1v) is 9.78. The Bertz CT molecular complexity index is 587. The van der Waals surface area contributed by atoms with Crippen molar-refractivity contribution in [2.75, 3.05) is 26.3 Å². The molecule has 0 amide bonds. The lowest BCUT2D eigenvalue weighted by Crippen LogP contribution is -2.36. The highest BCUT2D eigenvalue weighted by molar-refractivity contribution is 8.09. The van der Waals surface area contributed by atoms with E-state index in [4.69, 9.17) is 25.6 Å². The number of morpholine rings is 1. The van der Waals surface area contributed by atoms with Gasteiger partial charge in [-0.2, -0.15) is 0 Å². The van der Waals surface area contributed by atoms with E-state index in [0.717, 1.165) is 24.6 Å². The van der Waals surface area contributed by atoms with Crippen LogP contribution < -0.4 is 9.05 Å². The monoisotopic (exact) mass is 335 g/mol. The molecule has 2 aromatic carbocycles. The van der Waals surface area contributed by atoms with Crippen LogP contribution >= 0.6 is 6.64 Å². The minimum absolute atomic E-state index is 0.648. The second kappa shape index (κ2) is 7.25. The quantitative estimate of drug-likeness (QED) is 0.778. The van der Waals surface area contributed by atoms with Gasteiger partial charge in [-0.25, -0.2) is 4.67 Å². The molecule has 6 heteroatoms. The van der Waals surface area contributed by atoms with Crippen LogP contribution in [0.5, 0.6) is 11.5 Å². The molecular weight excluding hydrogens is 317 g/mol. The van der Waals surface area contributed by atoms with E-state index in [-0.39, 0.29) is 0 Å². The maximum absolute atomic E-state index is 6.12. The third kappa shape index (κ3) is 3.87. The molecule has 0 saturated carbocycles. The fourth-order valence-corrected chi connectivity index (χ4v) is 4.87. The molecule has 0 bridgehead atoms. The number of ether oxygens (including phenoxy) is 1. The van der Waals surface area contributed by atoms with E-state index in [1.54, 1.807) is 0 Å². The van der Waals surface area contributed by atoms with Gasteiger partial charge in [0.15, 0.2) is 0 Å². The number of nitrogens with zero attached hydrogens (tertiary/aromatic N) is 1. The fraction of sp³-hybridized carbons (Fsp3) is 0.250. The van der Waals surface area contributed by atoms with Crippen molar-refractivity contribution in [3.63, 3.8) is 0 Å². The van der Waals surface area contributed by atoms with Gasteiger partial charge >= 0.3 is 6.64 Å². The van der Waals surface area contributed by atoms with E-state index >= 15 is 0 Å². The zero-order chi connectivity index (χ0) is 15.3. The van der Waals surface area contributed by atoms with Crippen LogP contribution in [0.1, 0.15) is 0 Å². The Labute approximate surface area is 135 Å². The zero-order valence-electron chi connectivity index (χ0n) is 12.1. The molecule has 1 aliphatic rings. The first-order chi connectivity index (χ1) is 10.8. The molecule has 4 nitrogen and oxygen atoms in total. The average Bonchev–Trinajstić information content (AvgIpc) is 2.57. The second-order valence-corrected chi connectivity index (χ2v) is 8.10. The van der Waals surface area contributed by atoms with Crippen molar-refractivity contribution in [2.24, 2.45) is 0 Å². The molecule has 0 unspecified atom stereocenters. The zero-order valence-corrected chi connectivity index (χ0v) is 13.8. The average molecular weight is 335 g/mol. The van der Waals surface area contributed by atoms with Crippen molar-refractivity contribution in [2.45, 2.75) is 0 Å². The van der Waals surface area contributed by atoms with Crippen LogP contribution in [0.15, 0.2) is 60.7 Å². The summed E-state index contributed by atoms with van der Waals surface area (Å²) >= 11 is 5.82. The molecule has 0 atom stereocenters. The van der Waals surface area contributed by atoms with Gasteiger partial charge in [0.2, 0.25) is 0 Å². The Morgan fingerprint density at radius 1 is 0.818 bits per heavy atom. The van der Waals surface area contributed by atoms with Crippen molar-refractivity contribution in [1.29, 1.82) is 0 Å². The van der Waals surface area contributed by atoms with Gasteiger partial charge in [-0.05, 0) is 24.3 Å². The summed E-state index contributed by atoms with van der Waals surface area (Å²) < 4.78 is 19.7. The molecule has 1 fully saturated rings. The molecule has 0 radical (unpaired) electrons. The summed E-state index contributed by atoms with van der Waals surface area (Å²) in [6, 6.07) is 19.2. The molecular formula is C16H18NO3PS. The third-order valence-corrected chi connectivity index (χ3v) is 6.38. The molecule has 1 heterocycles.